The Hall–Kier alpha value is -1.10. The molecule has 0 saturated heterocycles. The van der Waals surface area contributed by atoms with Gasteiger partial charge in [0.2, 0.25) is 11.8 Å². The normalized spacial score (nSPS) is 11.9. The minimum Gasteiger partial charge on any atom is -0.359 e. The van der Waals surface area contributed by atoms with Crippen molar-refractivity contribution in [3.05, 3.63) is 0 Å². The number of nitrogens with two attached hydrogens (primary N) is 1. The van der Waals surface area contributed by atoms with Crippen LogP contribution >= 0.6 is 0 Å². The van der Waals surface area contributed by atoms with E-state index in [0.29, 0.717) is 12.8 Å². The maximum absolute atomic E-state index is 10.8. The fraction of sp³-hybridized carbons (Fsp3) is 0.750. The molecule has 5 heteroatoms. The predicted octanol–water partition coefficient (Wildman–Crippen LogP) is -1.02. The standard InChI is InChI=1S/C8H17N3O2/c1-10-7(12)4-3-6(9)5-8(13)11-2/h6H,3-5,9H2,1-2H3,(H,10,12)(H,11,13). The summed E-state index contributed by atoms with van der Waals surface area (Å²) in [6.07, 6.45) is 1.18. The highest BCUT2D eigenvalue weighted by atomic mass is 16.2. The Morgan fingerprint density at radius 2 is 1.77 bits per heavy atom. The lowest BCUT2D eigenvalue weighted by molar-refractivity contribution is -0.122. The summed E-state index contributed by atoms with van der Waals surface area (Å²) in [5, 5.41) is 4.97. The number of hydrogen-bond acceptors (Lipinski definition) is 3. The molecular formula is C8H17N3O2. The number of rotatable bonds is 5. The lowest BCUT2D eigenvalue weighted by atomic mass is 10.1. The summed E-state index contributed by atoms with van der Waals surface area (Å²) in [7, 11) is 3.14. The van der Waals surface area contributed by atoms with Crippen LogP contribution in [-0.2, 0) is 9.59 Å². The van der Waals surface area contributed by atoms with E-state index in [1.807, 2.05) is 0 Å². The molecule has 13 heavy (non-hydrogen) atoms. The van der Waals surface area contributed by atoms with Crippen LogP contribution in [0.2, 0.25) is 0 Å². The van der Waals surface area contributed by atoms with E-state index < -0.39 is 0 Å². The first kappa shape index (κ1) is 11.9. The van der Waals surface area contributed by atoms with Crippen LogP contribution in [0, 0.1) is 0 Å². The monoisotopic (exact) mass is 187 g/mol. The highest BCUT2D eigenvalue weighted by Gasteiger charge is 2.09. The van der Waals surface area contributed by atoms with Gasteiger partial charge in [0.1, 0.15) is 0 Å². The zero-order valence-electron chi connectivity index (χ0n) is 8.09. The average Bonchev–Trinajstić information content (AvgIpc) is 2.13. The Bertz CT molecular complexity index is 182. The first-order chi connectivity index (χ1) is 6.10. The third kappa shape index (κ3) is 6.10. The number of hydrogen-bond donors (Lipinski definition) is 3. The third-order valence-electron chi connectivity index (χ3n) is 1.75. The molecule has 2 amide bonds. The summed E-state index contributed by atoms with van der Waals surface area (Å²) in [4.78, 5) is 21.6. The van der Waals surface area contributed by atoms with Crippen molar-refractivity contribution in [3.8, 4) is 0 Å². The van der Waals surface area contributed by atoms with Crippen LogP contribution in [0.25, 0.3) is 0 Å². The van der Waals surface area contributed by atoms with Gasteiger partial charge in [0.05, 0.1) is 0 Å². The van der Waals surface area contributed by atoms with Gasteiger partial charge < -0.3 is 16.4 Å². The predicted molar refractivity (Wildman–Crippen MR) is 50.0 cm³/mol. The topological polar surface area (TPSA) is 84.2 Å². The van der Waals surface area contributed by atoms with Crippen molar-refractivity contribution < 1.29 is 9.59 Å². The van der Waals surface area contributed by atoms with Crippen LogP contribution < -0.4 is 16.4 Å². The average molecular weight is 187 g/mol. The van der Waals surface area contributed by atoms with Gasteiger partial charge in [-0.2, -0.15) is 0 Å². The van der Waals surface area contributed by atoms with Crippen LogP contribution in [0.15, 0.2) is 0 Å². The molecule has 0 heterocycles. The summed E-state index contributed by atoms with van der Waals surface area (Å²) < 4.78 is 0. The molecule has 0 aromatic heterocycles. The van der Waals surface area contributed by atoms with Gasteiger partial charge in [-0.1, -0.05) is 0 Å². The second-order valence-electron chi connectivity index (χ2n) is 2.85. The lowest BCUT2D eigenvalue weighted by Crippen LogP contribution is -2.31. The molecule has 0 spiro atoms. The van der Waals surface area contributed by atoms with Crippen molar-refractivity contribution in [1.82, 2.24) is 10.6 Å². The zero-order chi connectivity index (χ0) is 10.3. The van der Waals surface area contributed by atoms with E-state index in [1.54, 1.807) is 14.1 Å². The van der Waals surface area contributed by atoms with Crippen molar-refractivity contribution in [1.29, 1.82) is 0 Å². The molecule has 76 valence electrons. The fourth-order valence-electron chi connectivity index (χ4n) is 0.884. The Morgan fingerprint density at radius 3 is 2.23 bits per heavy atom. The van der Waals surface area contributed by atoms with E-state index in [9.17, 15) is 9.59 Å². The molecule has 4 N–H and O–H groups in total. The van der Waals surface area contributed by atoms with Crippen molar-refractivity contribution in [2.24, 2.45) is 5.73 Å². The second kappa shape index (κ2) is 6.42. The molecule has 5 nitrogen and oxygen atoms in total. The molecule has 0 aliphatic rings. The minimum atomic E-state index is -0.239. The molecule has 0 saturated carbocycles. The van der Waals surface area contributed by atoms with Gasteiger partial charge in [-0.15, -0.1) is 0 Å². The molecule has 0 aliphatic carbocycles. The van der Waals surface area contributed by atoms with Gasteiger partial charge in [-0.3, -0.25) is 9.59 Å². The van der Waals surface area contributed by atoms with Crippen molar-refractivity contribution in [2.45, 2.75) is 25.3 Å². The van der Waals surface area contributed by atoms with Crippen molar-refractivity contribution in [2.75, 3.05) is 14.1 Å². The molecule has 0 rings (SSSR count). The number of nitrogens with one attached hydrogen (secondary N) is 2. The quantitative estimate of drug-likeness (QED) is 0.515. The lowest BCUT2D eigenvalue weighted by Gasteiger charge is -2.09. The maximum Gasteiger partial charge on any atom is 0.221 e. The van der Waals surface area contributed by atoms with Crippen LogP contribution in [0.1, 0.15) is 19.3 Å². The van der Waals surface area contributed by atoms with Crippen LogP contribution in [-0.4, -0.2) is 32.0 Å². The first-order valence-corrected chi connectivity index (χ1v) is 4.27. The van der Waals surface area contributed by atoms with Gasteiger partial charge in [0.15, 0.2) is 0 Å². The zero-order valence-corrected chi connectivity index (χ0v) is 8.09. The summed E-state index contributed by atoms with van der Waals surface area (Å²) in [5.41, 5.74) is 5.61. The largest absolute Gasteiger partial charge is 0.359 e. The van der Waals surface area contributed by atoms with E-state index in [2.05, 4.69) is 10.6 Å². The molecule has 0 radical (unpaired) electrons. The highest BCUT2D eigenvalue weighted by Crippen LogP contribution is 1.98. The molecule has 0 aliphatic heterocycles. The first-order valence-electron chi connectivity index (χ1n) is 4.27. The van der Waals surface area contributed by atoms with E-state index in [1.165, 1.54) is 0 Å². The molecule has 1 atom stereocenters. The van der Waals surface area contributed by atoms with Gasteiger partial charge >= 0.3 is 0 Å². The van der Waals surface area contributed by atoms with E-state index in [0.717, 1.165) is 0 Å². The summed E-state index contributed by atoms with van der Waals surface area (Å²) in [5.74, 6) is -0.142. The molecule has 0 fully saturated rings. The summed E-state index contributed by atoms with van der Waals surface area (Å²) in [6.45, 7) is 0. The van der Waals surface area contributed by atoms with Gasteiger partial charge in [-0.25, -0.2) is 0 Å². The van der Waals surface area contributed by atoms with Gasteiger partial charge in [0, 0.05) is 33.0 Å². The smallest absolute Gasteiger partial charge is 0.221 e. The third-order valence-corrected chi connectivity index (χ3v) is 1.75. The Kier molecular flexibility index (Phi) is 5.88. The Morgan fingerprint density at radius 1 is 1.23 bits per heavy atom. The van der Waals surface area contributed by atoms with Gasteiger partial charge in [-0.05, 0) is 6.42 Å². The minimum absolute atomic E-state index is 0.0487. The molecule has 0 aromatic carbocycles. The molecular weight excluding hydrogens is 170 g/mol. The van der Waals surface area contributed by atoms with E-state index in [4.69, 9.17) is 5.73 Å². The van der Waals surface area contributed by atoms with Crippen LogP contribution in [0.5, 0.6) is 0 Å². The van der Waals surface area contributed by atoms with Crippen molar-refractivity contribution >= 4 is 11.8 Å². The maximum atomic E-state index is 10.8. The Balaban J connectivity index is 3.56. The van der Waals surface area contributed by atoms with Crippen LogP contribution in [0.3, 0.4) is 0 Å². The highest BCUT2D eigenvalue weighted by molar-refractivity contribution is 5.77. The molecule has 1 unspecified atom stereocenters. The summed E-state index contributed by atoms with van der Waals surface area (Å²) >= 11 is 0. The van der Waals surface area contributed by atoms with E-state index >= 15 is 0 Å². The number of carbonyl (C=O) groups is 2. The summed E-state index contributed by atoms with van der Waals surface area (Å²) in [6, 6.07) is -0.239. The number of carbonyl (C=O) groups excluding carboxylic acids is 2. The molecule has 0 aromatic rings. The second-order valence-corrected chi connectivity index (χ2v) is 2.85. The Labute approximate surface area is 78.1 Å². The van der Waals surface area contributed by atoms with Gasteiger partial charge in [0.25, 0.3) is 0 Å². The number of amides is 2. The van der Waals surface area contributed by atoms with Crippen LogP contribution in [0.4, 0.5) is 0 Å². The molecule has 0 bridgehead atoms. The van der Waals surface area contributed by atoms with E-state index in [-0.39, 0.29) is 24.3 Å². The fourth-order valence-corrected chi connectivity index (χ4v) is 0.884. The van der Waals surface area contributed by atoms with Crippen molar-refractivity contribution in [3.63, 3.8) is 0 Å². The SMILES string of the molecule is CNC(=O)CCC(N)CC(=O)NC.